The van der Waals surface area contributed by atoms with Gasteiger partial charge in [-0.05, 0) is 50.0 Å². The van der Waals surface area contributed by atoms with Crippen LogP contribution in [0.3, 0.4) is 0 Å². The Balaban J connectivity index is 0.00000364. The lowest BCUT2D eigenvalue weighted by Gasteiger charge is -2.24. The third-order valence-corrected chi connectivity index (χ3v) is 5.00. The van der Waals surface area contributed by atoms with Crippen molar-refractivity contribution in [2.45, 2.75) is 33.3 Å². The highest BCUT2D eigenvalue weighted by Gasteiger charge is 2.26. The van der Waals surface area contributed by atoms with Crippen LogP contribution in [-0.4, -0.2) is 66.7 Å². The molecular formula is C20H34FIN4O. The van der Waals surface area contributed by atoms with E-state index in [1.807, 2.05) is 0 Å². The summed E-state index contributed by atoms with van der Waals surface area (Å²) in [7, 11) is 0. The van der Waals surface area contributed by atoms with Gasteiger partial charge in [-0.2, -0.15) is 0 Å². The van der Waals surface area contributed by atoms with Gasteiger partial charge in [-0.1, -0.05) is 26.0 Å². The summed E-state index contributed by atoms with van der Waals surface area (Å²) in [6, 6.07) is 5.95. The van der Waals surface area contributed by atoms with E-state index in [1.165, 1.54) is 18.6 Å². The van der Waals surface area contributed by atoms with Crippen LogP contribution < -0.4 is 5.32 Å². The first-order valence-corrected chi connectivity index (χ1v) is 9.76. The lowest BCUT2D eigenvalue weighted by Crippen LogP contribution is -2.41. The molecule has 7 heteroatoms. The van der Waals surface area contributed by atoms with Crippen molar-refractivity contribution in [3.8, 4) is 0 Å². The molecule has 1 aliphatic rings. The molecule has 1 fully saturated rings. The summed E-state index contributed by atoms with van der Waals surface area (Å²) in [6.45, 7) is 12.8. The molecule has 1 aliphatic heterocycles. The first kappa shape index (κ1) is 24.1. The molecule has 27 heavy (non-hydrogen) atoms. The fourth-order valence-corrected chi connectivity index (χ4v) is 3.41. The average molecular weight is 492 g/mol. The second kappa shape index (κ2) is 12.5. The zero-order valence-electron chi connectivity index (χ0n) is 16.7. The molecular weight excluding hydrogens is 458 g/mol. The van der Waals surface area contributed by atoms with Crippen LogP contribution >= 0.6 is 24.0 Å². The van der Waals surface area contributed by atoms with Crippen molar-refractivity contribution in [3.05, 3.63) is 35.6 Å². The molecule has 0 spiro atoms. The molecule has 2 rings (SSSR count). The number of hydrogen-bond acceptors (Lipinski definition) is 3. The summed E-state index contributed by atoms with van der Waals surface area (Å²) >= 11 is 0. The van der Waals surface area contributed by atoms with Gasteiger partial charge >= 0.3 is 0 Å². The topological polar surface area (TPSA) is 51.1 Å². The summed E-state index contributed by atoms with van der Waals surface area (Å²) in [6.07, 6.45) is 0.444. The van der Waals surface area contributed by atoms with Crippen LogP contribution in [0, 0.1) is 11.7 Å². The molecule has 1 saturated heterocycles. The Kier molecular flexibility index (Phi) is 11.2. The van der Waals surface area contributed by atoms with E-state index in [4.69, 9.17) is 0 Å². The zero-order chi connectivity index (χ0) is 18.9. The van der Waals surface area contributed by atoms with E-state index >= 15 is 0 Å². The maximum atomic E-state index is 13.0. The van der Waals surface area contributed by atoms with E-state index in [-0.39, 0.29) is 36.3 Å². The molecule has 1 heterocycles. The molecule has 2 atom stereocenters. The molecule has 5 nitrogen and oxygen atoms in total. The highest BCUT2D eigenvalue weighted by molar-refractivity contribution is 14.0. The van der Waals surface area contributed by atoms with Gasteiger partial charge in [0, 0.05) is 26.2 Å². The minimum Gasteiger partial charge on any atom is -0.386 e. The minimum atomic E-state index is -0.724. The molecule has 0 amide bonds. The Labute approximate surface area is 180 Å². The predicted molar refractivity (Wildman–Crippen MR) is 120 cm³/mol. The third-order valence-electron chi connectivity index (χ3n) is 5.00. The van der Waals surface area contributed by atoms with E-state index in [2.05, 4.69) is 40.9 Å². The van der Waals surface area contributed by atoms with Gasteiger partial charge in [-0.3, -0.25) is 4.99 Å². The number of likely N-dealkylation sites (tertiary alicyclic amines) is 1. The van der Waals surface area contributed by atoms with Gasteiger partial charge in [0.2, 0.25) is 0 Å². The van der Waals surface area contributed by atoms with Crippen molar-refractivity contribution >= 4 is 29.9 Å². The molecule has 0 radical (unpaired) electrons. The second-order valence-electron chi connectivity index (χ2n) is 6.85. The van der Waals surface area contributed by atoms with Crippen LogP contribution in [0.15, 0.2) is 29.3 Å². The highest BCUT2D eigenvalue weighted by atomic mass is 127. The van der Waals surface area contributed by atoms with Crippen molar-refractivity contribution in [2.24, 2.45) is 10.9 Å². The first-order valence-electron chi connectivity index (χ1n) is 9.76. The fraction of sp³-hybridized carbons (Fsp3) is 0.650. The standard InChI is InChI=1S/C20H33FN4O.HI/c1-4-22-20(23-13-19(26)17-7-9-18(21)10-8-17)25-12-11-16(15-25)14-24(5-2)6-3;/h7-10,16,19,26H,4-6,11-15H2,1-3H3,(H,22,23);1H. The van der Waals surface area contributed by atoms with Crippen LogP contribution in [0.25, 0.3) is 0 Å². The lowest BCUT2D eigenvalue weighted by atomic mass is 10.1. The summed E-state index contributed by atoms with van der Waals surface area (Å²) < 4.78 is 13.0. The lowest BCUT2D eigenvalue weighted by molar-refractivity contribution is 0.186. The number of rotatable bonds is 8. The van der Waals surface area contributed by atoms with Gasteiger partial charge in [0.15, 0.2) is 5.96 Å². The largest absolute Gasteiger partial charge is 0.386 e. The summed E-state index contributed by atoms with van der Waals surface area (Å²) in [5.74, 6) is 1.21. The molecule has 0 aromatic heterocycles. The number of guanidine groups is 1. The van der Waals surface area contributed by atoms with Crippen molar-refractivity contribution < 1.29 is 9.50 Å². The number of nitrogens with one attached hydrogen (secondary N) is 1. The average Bonchev–Trinajstić information content (AvgIpc) is 3.11. The molecule has 154 valence electrons. The monoisotopic (exact) mass is 492 g/mol. The predicted octanol–water partition coefficient (Wildman–Crippen LogP) is 3.11. The number of aliphatic hydroxyl groups is 1. The van der Waals surface area contributed by atoms with Crippen molar-refractivity contribution in [1.29, 1.82) is 0 Å². The molecule has 2 unspecified atom stereocenters. The SMILES string of the molecule is CCNC(=NCC(O)c1ccc(F)cc1)N1CCC(CN(CC)CC)C1.I. The summed E-state index contributed by atoms with van der Waals surface area (Å²) in [5.41, 5.74) is 0.687. The number of aliphatic hydroxyl groups excluding tert-OH is 1. The maximum Gasteiger partial charge on any atom is 0.194 e. The van der Waals surface area contributed by atoms with Crippen molar-refractivity contribution in [1.82, 2.24) is 15.1 Å². The van der Waals surface area contributed by atoms with Gasteiger partial charge < -0.3 is 20.2 Å². The van der Waals surface area contributed by atoms with Gasteiger partial charge in [0.25, 0.3) is 0 Å². The van der Waals surface area contributed by atoms with E-state index in [1.54, 1.807) is 12.1 Å². The number of aliphatic imine (C=N–C) groups is 1. The highest BCUT2D eigenvalue weighted by Crippen LogP contribution is 2.19. The Morgan fingerprint density at radius 1 is 1.30 bits per heavy atom. The van der Waals surface area contributed by atoms with Gasteiger partial charge in [-0.15, -0.1) is 24.0 Å². The van der Waals surface area contributed by atoms with Crippen molar-refractivity contribution in [3.63, 3.8) is 0 Å². The quantitative estimate of drug-likeness (QED) is 0.333. The zero-order valence-corrected chi connectivity index (χ0v) is 19.0. The fourth-order valence-electron chi connectivity index (χ4n) is 3.41. The van der Waals surface area contributed by atoms with Crippen LogP contribution in [-0.2, 0) is 0 Å². The number of nitrogens with zero attached hydrogens (tertiary/aromatic N) is 3. The Morgan fingerprint density at radius 3 is 2.56 bits per heavy atom. The summed E-state index contributed by atoms with van der Waals surface area (Å²) in [5, 5.41) is 13.7. The van der Waals surface area contributed by atoms with E-state index in [0.717, 1.165) is 45.2 Å². The first-order chi connectivity index (χ1) is 12.6. The van der Waals surface area contributed by atoms with Crippen molar-refractivity contribution in [2.75, 3.05) is 45.8 Å². The number of hydrogen-bond donors (Lipinski definition) is 2. The third kappa shape index (κ3) is 7.54. The molecule has 2 N–H and O–H groups in total. The molecule has 1 aromatic rings. The Morgan fingerprint density at radius 2 is 1.96 bits per heavy atom. The van der Waals surface area contributed by atoms with E-state index in [0.29, 0.717) is 11.5 Å². The molecule has 0 aliphatic carbocycles. The summed E-state index contributed by atoms with van der Waals surface area (Å²) in [4.78, 5) is 9.38. The van der Waals surface area contributed by atoms with Crippen LogP contribution in [0.4, 0.5) is 4.39 Å². The van der Waals surface area contributed by atoms with Gasteiger partial charge in [0.05, 0.1) is 12.6 Å². The van der Waals surface area contributed by atoms with Crippen LogP contribution in [0.2, 0.25) is 0 Å². The maximum absolute atomic E-state index is 13.0. The van der Waals surface area contributed by atoms with Gasteiger partial charge in [-0.25, -0.2) is 4.39 Å². The molecule has 0 bridgehead atoms. The van der Waals surface area contributed by atoms with Crippen LogP contribution in [0.5, 0.6) is 0 Å². The number of halogens is 2. The minimum absolute atomic E-state index is 0. The Bertz CT molecular complexity index is 566. The number of benzene rings is 1. The Hall–Kier alpha value is -0.930. The van der Waals surface area contributed by atoms with E-state index in [9.17, 15) is 9.50 Å². The van der Waals surface area contributed by atoms with E-state index < -0.39 is 6.10 Å². The molecule has 1 aromatic carbocycles. The molecule has 0 saturated carbocycles. The van der Waals surface area contributed by atoms with Crippen LogP contribution in [0.1, 0.15) is 38.9 Å². The van der Waals surface area contributed by atoms with Gasteiger partial charge in [0.1, 0.15) is 5.82 Å². The normalized spacial score (nSPS) is 18.5. The smallest absolute Gasteiger partial charge is 0.194 e. The second-order valence-corrected chi connectivity index (χ2v) is 6.85.